The van der Waals surface area contributed by atoms with Gasteiger partial charge in [-0.15, -0.1) is 0 Å². The molecule has 1 aromatic carbocycles. The van der Waals surface area contributed by atoms with Gasteiger partial charge in [0.25, 0.3) is 0 Å². The van der Waals surface area contributed by atoms with Gasteiger partial charge in [0.2, 0.25) is 0 Å². The molecule has 2 atom stereocenters. The number of aliphatic carboxylic acids is 1. The van der Waals surface area contributed by atoms with Gasteiger partial charge in [-0.3, -0.25) is 9.69 Å². The van der Waals surface area contributed by atoms with Gasteiger partial charge >= 0.3 is 5.97 Å². The number of carboxylic acid groups (broad SMARTS) is 1. The fraction of sp³-hybridized carbons (Fsp3) is 0.588. The van der Waals surface area contributed by atoms with Crippen LogP contribution in [0, 0.1) is 0 Å². The van der Waals surface area contributed by atoms with Crippen molar-refractivity contribution in [1.29, 1.82) is 0 Å². The number of carbonyl (C=O) groups is 1. The van der Waals surface area contributed by atoms with E-state index in [1.54, 1.807) is 0 Å². The van der Waals surface area contributed by atoms with Crippen molar-refractivity contribution in [1.82, 2.24) is 4.90 Å². The highest BCUT2D eigenvalue weighted by molar-refractivity contribution is 5.78. The molecule has 1 fully saturated rings. The maximum absolute atomic E-state index is 11.7. The lowest BCUT2D eigenvalue weighted by molar-refractivity contribution is -0.150. The first-order valence-electron chi connectivity index (χ1n) is 7.71. The Balaban J connectivity index is 1.99. The van der Waals surface area contributed by atoms with Crippen LogP contribution in [0.3, 0.4) is 0 Å². The molecule has 0 saturated carbocycles. The summed E-state index contributed by atoms with van der Waals surface area (Å²) in [4.78, 5) is 14.0. The smallest absolute Gasteiger partial charge is 0.323 e. The maximum atomic E-state index is 11.7. The molecule has 108 valence electrons. The molecule has 2 aliphatic rings. The average Bonchev–Trinajstić information content (AvgIpc) is 2.71. The molecule has 0 radical (unpaired) electrons. The maximum Gasteiger partial charge on any atom is 0.323 e. The summed E-state index contributed by atoms with van der Waals surface area (Å²) in [6, 6.07) is 8.87. The van der Waals surface area contributed by atoms with Crippen LogP contribution in [0.1, 0.15) is 56.2 Å². The van der Waals surface area contributed by atoms with E-state index in [9.17, 15) is 9.90 Å². The van der Waals surface area contributed by atoms with Gasteiger partial charge in [-0.05, 0) is 56.7 Å². The largest absolute Gasteiger partial charge is 0.480 e. The van der Waals surface area contributed by atoms with Gasteiger partial charge in [0.1, 0.15) is 5.54 Å². The van der Waals surface area contributed by atoms with E-state index in [1.165, 1.54) is 24.0 Å². The van der Waals surface area contributed by atoms with E-state index in [2.05, 4.69) is 29.2 Å². The van der Waals surface area contributed by atoms with Crippen LogP contribution in [0.15, 0.2) is 24.3 Å². The third-order valence-corrected chi connectivity index (χ3v) is 5.12. The zero-order chi connectivity index (χ0) is 14.2. The Morgan fingerprint density at radius 2 is 2.10 bits per heavy atom. The molecule has 3 rings (SSSR count). The summed E-state index contributed by atoms with van der Waals surface area (Å²) < 4.78 is 0. The van der Waals surface area contributed by atoms with Crippen LogP contribution < -0.4 is 0 Å². The predicted molar refractivity (Wildman–Crippen MR) is 78.7 cm³/mol. The molecule has 20 heavy (non-hydrogen) atoms. The normalized spacial score (nSPS) is 30.8. The van der Waals surface area contributed by atoms with Crippen LogP contribution >= 0.6 is 0 Å². The fourth-order valence-corrected chi connectivity index (χ4v) is 3.93. The predicted octanol–water partition coefficient (Wildman–Crippen LogP) is 3.39. The van der Waals surface area contributed by atoms with Gasteiger partial charge in [-0.2, -0.15) is 0 Å². The number of likely N-dealkylation sites (tertiary alicyclic amines) is 1. The Kier molecular flexibility index (Phi) is 3.55. The quantitative estimate of drug-likeness (QED) is 0.840. The number of rotatable bonds is 2. The van der Waals surface area contributed by atoms with Crippen molar-refractivity contribution in [3.8, 4) is 0 Å². The third kappa shape index (κ3) is 2.14. The molecule has 1 aromatic rings. The first-order valence-corrected chi connectivity index (χ1v) is 7.71. The topological polar surface area (TPSA) is 40.5 Å². The van der Waals surface area contributed by atoms with E-state index in [-0.39, 0.29) is 6.04 Å². The molecule has 2 unspecified atom stereocenters. The van der Waals surface area contributed by atoms with E-state index in [0.717, 1.165) is 32.2 Å². The molecule has 1 aliphatic carbocycles. The molecule has 0 spiro atoms. The molecule has 3 nitrogen and oxygen atoms in total. The Morgan fingerprint density at radius 3 is 2.90 bits per heavy atom. The van der Waals surface area contributed by atoms with Gasteiger partial charge in [0, 0.05) is 6.04 Å². The molecule has 0 amide bonds. The van der Waals surface area contributed by atoms with E-state index in [1.807, 2.05) is 6.92 Å². The Morgan fingerprint density at radius 1 is 1.30 bits per heavy atom. The SMILES string of the molecule is CC1(C(=O)O)CCCN1C1CCCCc2ccccc21. The highest BCUT2D eigenvalue weighted by Gasteiger charge is 2.46. The van der Waals surface area contributed by atoms with E-state index in [4.69, 9.17) is 0 Å². The Labute approximate surface area is 120 Å². The lowest BCUT2D eigenvalue weighted by atomic mass is 9.92. The number of aryl methyl sites for hydroxylation is 1. The summed E-state index contributed by atoms with van der Waals surface area (Å²) in [6.07, 6.45) is 6.36. The van der Waals surface area contributed by atoms with Crippen LogP contribution in [0.4, 0.5) is 0 Å². The summed E-state index contributed by atoms with van der Waals surface area (Å²) in [6.45, 7) is 2.80. The standard InChI is InChI=1S/C17H23NO2/c1-17(16(19)20)11-6-12-18(17)15-10-5-3-8-13-7-2-4-9-14(13)15/h2,4,7,9,15H,3,5-6,8,10-12H2,1H3,(H,19,20). The molecule has 0 aromatic heterocycles. The number of hydrogen-bond donors (Lipinski definition) is 1. The summed E-state index contributed by atoms with van der Waals surface area (Å²) >= 11 is 0. The zero-order valence-electron chi connectivity index (χ0n) is 12.1. The first kappa shape index (κ1) is 13.6. The minimum Gasteiger partial charge on any atom is -0.480 e. The summed E-state index contributed by atoms with van der Waals surface area (Å²) in [5, 5.41) is 9.65. The van der Waals surface area contributed by atoms with Crippen LogP contribution in [-0.2, 0) is 11.2 Å². The minimum absolute atomic E-state index is 0.275. The van der Waals surface area contributed by atoms with Gasteiger partial charge in [0.15, 0.2) is 0 Å². The van der Waals surface area contributed by atoms with Crippen molar-refractivity contribution in [3.05, 3.63) is 35.4 Å². The molecular formula is C17H23NO2. The van der Waals surface area contributed by atoms with Crippen LogP contribution in [0.2, 0.25) is 0 Å². The Hall–Kier alpha value is -1.35. The van der Waals surface area contributed by atoms with Crippen molar-refractivity contribution in [2.75, 3.05) is 6.54 Å². The average molecular weight is 273 g/mol. The second-order valence-electron chi connectivity index (χ2n) is 6.34. The highest BCUT2D eigenvalue weighted by atomic mass is 16.4. The molecule has 3 heteroatoms. The number of benzene rings is 1. The second kappa shape index (κ2) is 5.21. The highest BCUT2D eigenvalue weighted by Crippen LogP contribution is 2.41. The van der Waals surface area contributed by atoms with Crippen molar-refractivity contribution in [2.24, 2.45) is 0 Å². The summed E-state index contributed by atoms with van der Waals surface area (Å²) in [7, 11) is 0. The number of fused-ring (bicyclic) bond motifs is 1. The van der Waals surface area contributed by atoms with Gasteiger partial charge in [-0.25, -0.2) is 0 Å². The third-order valence-electron chi connectivity index (χ3n) is 5.12. The second-order valence-corrected chi connectivity index (χ2v) is 6.34. The molecule has 1 aliphatic heterocycles. The lowest BCUT2D eigenvalue weighted by Gasteiger charge is -2.38. The zero-order valence-corrected chi connectivity index (χ0v) is 12.1. The van der Waals surface area contributed by atoms with Crippen molar-refractivity contribution >= 4 is 5.97 Å². The number of nitrogens with zero attached hydrogens (tertiary/aromatic N) is 1. The van der Waals surface area contributed by atoms with Gasteiger partial charge in [-0.1, -0.05) is 30.7 Å². The molecule has 1 heterocycles. The van der Waals surface area contributed by atoms with Crippen molar-refractivity contribution in [3.63, 3.8) is 0 Å². The summed E-state index contributed by atoms with van der Waals surface area (Å²) in [5.74, 6) is -0.670. The van der Waals surface area contributed by atoms with Gasteiger partial charge in [0.05, 0.1) is 0 Å². The lowest BCUT2D eigenvalue weighted by Crippen LogP contribution is -2.49. The first-order chi connectivity index (χ1) is 9.63. The molecule has 0 bridgehead atoms. The van der Waals surface area contributed by atoms with Crippen LogP contribution in [-0.4, -0.2) is 28.1 Å². The van der Waals surface area contributed by atoms with Crippen molar-refractivity contribution < 1.29 is 9.90 Å². The van der Waals surface area contributed by atoms with E-state index >= 15 is 0 Å². The fourth-order valence-electron chi connectivity index (χ4n) is 3.93. The van der Waals surface area contributed by atoms with E-state index in [0.29, 0.717) is 0 Å². The van der Waals surface area contributed by atoms with Gasteiger partial charge < -0.3 is 5.11 Å². The Bertz CT molecular complexity index is 513. The monoisotopic (exact) mass is 273 g/mol. The minimum atomic E-state index is -0.692. The van der Waals surface area contributed by atoms with Crippen molar-refractivity contribution in [2.45, 2.75) is 57.0 Å². The summed E-state index contributed by atoms with van der Waals surface area (Å²) in [5.41, 5.74) is 2.08. The number of carboxylic acids is 1. The molecule has 1 N–H and O–H groups in total. The molecular weight excluding hydrogens is 250 g/mol. The van der Waals surface area contributed by atoms with E-state index < -0.39 is 11.5 Å². The van der Waals surface area contributed by atoms with Crippen LogP contribution in [0.5, 0.6) is 0 Å². The number of hydrogen-bond acceptors (Lipinski definition) is 2. The molecule has 1 saturated heterocycles. The van der Waals surface area contributed by atoms with Crippen LogP contribution in [0.25, 0.3) is 0 Å².